The summed E-state index contributed by atoms with van der Waals surface area (Å²) in [5.41, 5.74) is 2.15. The smallest absolute Gasteiger partial charge is 0.261 e. The third-order valence-electron chi connectivity index (χ3n) is 5.71. The van der Waals surface area contributed by atoms with Crippen molar-refractivity contribution in [2.45, 2.75) is 33.4 Å². The number of hydrogen-bond acceptors (Lipinski definition) is 5. The van der Waals surface area contributed by atoms with Gasteiger partial charge >= 0.3 is 0 Å². The highest BCUT2D eigenvalue weighted by molar-refractivity contribution is 6.21. The van der Waals surface area contributed by atoms with E-state index < -0.39 is 17.6 Å². The van der Waals surface area contributed by atoms with Gasteiger partial charge in [0.05, 0.1) is 35.1 Å². The number of rotatable bonds is 6. The van der Waals surface area contributed by atoms with Crippen LogP contribution in [0.15, 0.2) is 54.7 Å². The van der Waals surface area contributed by atoms with Crippen LogP contribution in [0.5, 0.6) is 0 Å². The molecule has 33 heavy (non-hydrogen) atoms. The molecule has 7 nitrogen and oxygen atoms in total. The van der Waals surface area contributed by atoms with Crippen LogP contribution < -0.4 is 0 Å². The Morgan fingerprint density at radius 1 is 1.00 bits per heavy atom. The van der Waals surface area contributed by atoms with E-state index in [9.17, 15) is 18.8 Å². The molecule has 2 heterocycles. The van der Waals surface area contributed by atoms with Crippen LogP contribution in [-0.2, 0) is 6.54 Å². The largest absolute Gasteiger partial charge is 0.336 e. The van der Waals surface area contributed by atoms with Crippen molar-refractivity contribution >= 4 is 17.7 Å². The monoisotopic (exact) mass is 446 g/mol. The summed E-state index contributed by atoms with van der Waals surface area (Å²) < 4.78 is 14.2. The lowest BCUT2D eigenvalue weighted by Crippen LogP contribution is -2.37. The number of carbonyl (C=O) groups is 3. The van der Waals surface area contributed by atoms with Gasteiger partial charge in [-0.15, -0.1) is 0 Å². The second-order valence-electron chi connectivity index (χ2n) is 8.01. The van der Waals surface area contributed by atoms with Gasteiger partial charge < -0.3 is 4.90 Å². The fourth-order valence-corrected chi connectivity index (χ4v) is 4.08. The Labute approximate surface area is 190 Å². The minimum absolute atomic E-state index is 0.0769. The molecule has 0 N–H and O–H groups in total. The summed E-state index contributed by atoms with van der Waals surface area (Å²) in [6.45, 7) is 5.98. The fraction of sp³-hybridized carbons (Fsp3) is 0.240. The minimum atomic E-state index is -0.536. The maximum absolute atomic E-state index is 14.2. The van der Waals surface area contributed by atoms with Gasteiger partial charge in [0.1, 0.15) is 5.82 Å². The van der Waals surface area contributed by atoms with Gasteiger partial charge in [0.2, 0.25) is 0 Å². The summed E-state index contributed by atoms with van der Waals surface area (Å²) in [6.07, 6.45) is 1.46. The molecule has 0 saturated carbocycles. The van der Waals surface area contributed by atoms with Crippen molar-refractivity contribution < 1.29 is 18.8 Å². The summed E-state index contributed by atoms with van der Waals surface area (Å²) in [5, 5.41) is 8.07. The number of nitrogens with zero attached hydrogens (tertiary/aromatic N) is 4. The van der Waals surface area contributed by atoms with Crippen LogP contribution in [-0.4, -0.2) is 50.3 Å². The number of fused-ring (bicyclic) bond motifs is 1. The summed E-state index contributed by atoms with van der Waals surface area (Å²) in [4.78, 5) is 41.7. The van der Waals surface area contributed by atoms with Gasteiger partial charge in [0.25, 0.3) is 17.7 Å². The van der Waals surface area contributed by atoms with Crippen molar-refractivity contribution in [1.82, 2.24) is 20.0 Å². The third-order valence-corrected chi connectivity index (χ3v) is 5.71. The lowest BCUT2D eigenvalue weighted by molar-refractivity contribution is 0.0638. The first-order valence-corrected chi connectivity index (χ1v) is 10.7. The molecule has 4 rings (SSSR count). The van der Waals surface area contributed by atoms with Crippen LogP contribution in [0.25, 0.3) is 11.1 Å². The van der Waals surface area contributed by atoms with E-state index in [1.807, 2.05) is 20.8 Å². The van der Waals surface area contributed by atoms with Gasteiger partial charge in [-0.1, -0.05) is 18.2 Å². The Bertz CT molecular complexity index is 1220. The number of amides is 3. The average Bonchev–Trinajstić information content (AvgIpc) is 3.05. The maximum atomic E-state index is 14.2. The molecule has 3 amide bonds. The van der Waals surface area contributed by atoms with Gasteiger partial charge in [0.15, 0.2) is 0 Å². The van der Waals surface area contributed by atoms with E-state index in [0.717, 1.165) is 4.90 Å². The van der Waals surface area contributed by atoms with Gasteiger partial charge in [-0.05, 0) is 56.7 Å². The normalized spacial score (nSPS) is 12.9. The maximum Gasteiger partial charge on any atom is 0.261 e. The van der Waals surface area contributed by atoms with E-state index in [4.69, 9.17) is 0 Å². The van der Waals surface area contributed by atoms with Crippen molar-refractivity contribution in [2.24, 2.45) is 0 Å². The molecule has 0 atom stereocenters. The molecule has 0 aliphatic carbocycles. The second-order valence-corrected chi connectivity index (χ2v) is 8.01. The average molecular weight is 446 g/mol. The van der Waals surface area contributed by atoms with Crippen molar-refractivity contribution in [3.8, 4) is 11.1 Å². The van der Waals surface area contributed by atoms with E-state index >= 15 is 0 Å². The number of hydrogen-bond donors (Lipinski definition) is 0. The summed E-state index contributed by atoms with van der Waals surface area (Å²) in [6, 6.07) is 12.2. The molecule has 0 spiro atoms. The van der Waals surface area contributed by atoms with Crippen LogP contribution in [0.3, 0.4) is 0 Å². The molecular formula is C25H23FN4O3. The van der Waals surface area contributed by atoms with E-state index in [2.05, 4.69) is 10.2 Å². The molecule has 1 aromatic heterocycles. The van der Waals surface area contributed by atoms with Crippen molar-refractivity contribution in [2.75, 3.05) is 6.54 Å². The Balaban J connectivity index is 1.76. The van der Waals surface area contributed by atoms with Gasteiger partial charge in [-0.25, -0.2) is 4.39 Å². The quantitative estimate of drug-likeness (QED) is 0.536. The van der Waals surface area contributed by atoms with Crippen molar-refractivity contribution in [3.05, 3.63) is 82.9 Å². The molecule has 1 aliphatic rings. The number of imide groups is 1. The first-order chi connectivity index (χ1) is 15.8. The standard InChI is InChI=1S/C25H23FN4O3/c1-4-29(15(2)3)25(33)21-13-16(26)9-10-17(21)18-11-12-27-28-22(18)14-30-23(31)19-7-5-6-8-20(19)24(30)32/h5-13,15H,4,14H2,1-3H3. The van der Waals surface area contributed by atoms with E-state index in [0.29, 0.717) is 34.5 Å². The summed E-state index contributed by atoms with van der Waals surface area (Å²) in [7, 11) is 0. The first-order valence-electron chi connectivity index (χ1n) is 10.7. The molecule has 2 aromatic carbocycles. The molecule has 0 saturated heterocycles. The number of carbonyl (C=O) groups excluding carboxylic acids is 3. The van der Waals surface area contributed by atoms with Crippen molar-refractivity contribution in [1.29, 1.82) is 0 Å². The van der Waals surface area contributed by atoms with E-state index in [1.54, 1.807) is 35.2 Å². The highest BCUT2D eigenvalue weighted by atomic mass is 19.1. The van der Waals surface area contributed by atoms with Gasteiger partial charge in [-0.2, -0.15) is 10.2 Å². The van der Waals surface area contributed by atoms with Crippen LogP contribution >= 0.6 is 0 Å². The van der Waals surface area contributed by atoms with E-state index in [-0.39, 0.29) is 24.1 Å². The van der Waals surface area contributed by atoms with Gasteiger partial charge in [0, 0.05) is 18.2 Å². The lowest BCUT2D eigenvalue weighted by atomic mass is 9.97. The second kappa shape index (κ2) is 8.90. The Morgan fingerprint density at radius 3 is 2.27 bits per heavy atom. The molecule has 1 aliphatic heterocycles. The molecule has 0 fully saturated rings. The van der Waals surface area contributed by atoms with Gasteiger partial charge in [-0.3, -0.25) is 19.3 Å². The number of benzene rings is 2. The molecule has 8 heteroatoms. The Kier molecular flexibility index (Phi) is 6.00. The molecule has 0 bridgehead atoms. The minimum Gasteiger partial charge on any atom is -0.336 e. The molecule has 3 aromatic rings. The van der Waals surface area contributed by atoms with Crippen LogP contribution in [0, 0.1) is 5.82 Å². The highest BCUT2D eigenvalue weighted by Crippen LogP contribution is 2.31. The molecule has 0 radical (unpaired) electrons. The van der Waals surface area contributed by atoms with Crippen LogP contribution in [0.4, 0.5) is 4.39 Å². The zero-order valence-electron chi connectivity index (χ0n) is 18.6. The third kappa shape index (κ3) is 4.00. The van der Waals surface area contributed by atoms with E-state index in [1.165, 1.54) is 24.4 Å². The fourth-order valence-electron chi connectivity index (χ4n) is 4.08. The Morgan fingerprint density at radius 2 is 1.67 bits per heavy atom. The summed E-state index contributed by atoms with van der Waals surface area (Å²) in [5.74, 6) is -1.68. The SMILES string of the molecule is CCN(C(=O)c1cc(F)ccc1-c1ccnnc1CN1C(=O)c2ccccc2C1=O)C(C)C. The summed E-state index contributed by atoms with van der Waals surface area (Å²) >= 11 is 0. The van der Waals surface area contributed by atoms with Crippen molar-refractivity contribution in [3.63, 3.8) is 0 Å². The Hall–Kier alpha value is -3.94. The predicted molar refractivity (Wildman–Crippen MR) is 120 cm³/mol. The lowest BCUT2D eigenvalue weighted by Gasteiger charge is -2.26. The number of aromatic nitrogens is 2. The molecular weight excluding hydrogens is 423 g/mol. The van der Waals surface area contributed by atoms with Crippen LogP contribution in [0.2, 0.25) is 0 Å². The first kappa shape index (κ1) is 22.3. The zero-order chi connectivity index (χ0) is 23.7. The molecule has 168 valence electrons. The zero-order valence-corrected chi connectivity index (χ0v) is 18.6. The number of halogens is 1. The molecule has 0 unspecified atom stereocenters. The van der Waals surface area contributed by atoms with Crippen LogP contribution in [0.1, 0.15) is 57.5 Å². The predicted octanol–water partition coefficient (Wildman–Crippen LogP) is 3.95. The topological polar surface area (TPSA) is 83.5 Å². The highest BCUT2D eigenvalue weighted by Gasteiger charge is 2.36.